The summed E-state index contributed by atoms with van der Waals surface area (Å²) < 4.78 is 32.7. The predicted molar refractivity (Wildman–Crippen MR) is 86.9 cm³/mol. The van der Waals surface area contributed by atoms with E-state index >= 15 is 0 Å². The maximum absolute atomic E-state index is 12.2. The van der Waals surface area contributed by atoms with Gasteiger partial charge in [0.05, 0.1) is 6.26 Å². The number of hydrogen-bond acceptors (Lipinski definition) is 5. The number of carbonyl (C=O) groups excluding carboxylic acids is 1. The molecule has 0 heterocycles. The van der Waals surface area contributed by atoms with Crippen LogP contribution in [0.4, 0.5) is 0 Å². The molecule has 0 aromatic heterocycles. The predicted octanol–water partition coefficient (Wildman–Crippen LogP) is 2.06. The van der Waals surface area contributed by atoms with Crippen LogP contribution in [0.5, 0.6) is 5.75 Å². The maximum atomic E-state index is 12.2. The molecule has 1 aromatic carbocycles. The second kappa shape index (κ2) is 7.51. The highest BCUT2D eigenvalue weighted by molar-refractivity contribution is 7.86. The van der Waals surface area contributed by atoms with Crippen LogP contribution in [0.1, 0.15) is 18.4 Å². The van der Waals surface area contributed by atoms with Crippen LogP contribution in [0.3, 0.4) is 0 Å². The van der Waals surface area contributed by atoms with Gasteiger partial charge in [0.1, 0.15) is 12.4 Å². The van der Waals surface area contributed by atoms with Gasteiger partial charge in [-0.15, -0.1) is 0 Å². The van der Waals surface area contributed by atoms with Gasteiger partial charge in [-0.3, -0.25) is 4.79 Å². The standard InChI is InChI=1S/C15H20ClNO5S/c1-21-10-15(18)17(8-11-3-4-11)9-12-7-13(16)5-6-14(12)22-23(2,19)20/h5-7,11H,3-4,8-10H2,1-2H3. The summed E-state index contributed by atoms with van der Waals surface area (Å²) in [6, 6.07) is 4.66. The van der Waals surface area contributed by atoms with Crippen LogP contribution in [0.15, 0.2) is 18.2 Å². The first-order valence-electron chi connectivity index (χ1n) is 7.23. The lowest BCUT2D eigenvalue weighted by Crippen LogP contribution is -2.35. The summed E-state index contributed by atoms with van der Waals surface area (Å²) in [7, 11) is -2.20. The molecule has 23 heavy (non-hydrogen) atoms. The Morgan fingerprint density at radius 2 is 2.09 bits per heavy atom. The zero-order chi connectivity index (χ0) is 17.0. The summed E-state index contributed by atoms with van der Waals surface area (Å²) in [6.07, 6.45) is 3.17. The van der Waals surface area contributed by atoms with Crippen molar-refractivity contribution in [2.75, 3.05) is 26.5 Å². The number of methoxy groups -OCH3 is 1. The molecule has 0 N–H and O–H groups in total. The molecule has 1 aliphatic rings. The monoisotopic (exact) mass is 361 g/mol. The van der Waals surface area contributed by atoms with E-state index in [4.69, 9.17) is 20.5 Å². The molecule has 0 radical (unpaired) electrons. The molecular formula is C15H20ClNO5S. The number of carbonyl (C=O) groups is 1. The molecule has 128 valence electrons. The Kier molecular flexibility index (Phi) is 5.89. The Balaban J connectivity index is 2.23. The molecule has 0 atom stereocenters. The highest BCUT2D eigenvalue weighted by Gasteiger charge is 2.27. The lowest BCUT2D eigenvalue weighted by Gasteiger charge is -2.23. The Labute approximate surface area is 141 Å². The molecule has 1 aliphatic carbocycles. The molecule has 0 unspecified atom stereocenters. The van der Waals surface area contributed by atoms with Gasteiger partial charge in [-0.05, 0) is 37.0 Å². The van der Waals surface area contributed by atoms with E-state index in [-0.39, 0.29) is 24.8 Å². The first-order chi connectivity index (χ1) is 10.8. The summed E-state index contributed by atoms with van der Waals surface area (Å²) in [6.45, 7) is 0.826. The van der Waals surface area contributed by atoms with Crippen molar-refractivity contribution in [1.82, 2.24) is 4.90 Å². The van der Waals surface area contributed by atoms with E-state index < -0.39 is 10.1 Å². The molecule has 0 saturated heterocycles. The Bertz CT molecular complexity index is 672. The number of rotatable bonds is 8. The number of hydrogen-bond donors (Lipinski definition) is 0. The van der Waals surface area contributed by atoms with Gasteiger partial charge >= 0.3 is 10.1 Å². The highest BCUT2D eigenvalue weighted by atomic mass is 35.5. The third kappa shape index (κ3) is 6.01. The van der Waals surface area contributed by atoms with Gasteiger partial charge in [-0.1, -0.05) is 11.6 Å². The smallest absolute Gasteiger partial charge is 0.306 e. The molecule has 0 bridgehead atoms. The maximum Gasteiger partial charge on any atom is 0.306 e. The molecule has 1 amide bonds. The van der Waals surface area contributed by atoms with Crippen molar-refractivity contribution >= 4 is 27.6 Å². The van der Waals surface area contributed by atoms with Gasteiger partial charge in [0, 0.05) is 30.8 Å². The zero-order valence-electron chi connectivity index (χ0n) is 13.1. The van der Waals surface area contributed by atoms with E-state index in [9.17, 15) is 13.2 Å². The van der Waals surface area contributed by atoms with Crippen LogP contribution < -0.4 is 4.18 Å². The Hall–Kier alpha value is -1.31. The van der Waals surface area contributed by atoms with Crippen LogP contribution in [0.25, 0.3) is 0 Å². The first kappa shape index (κ1) is 18.0. The van der Waals surface area contributed by atoms with Crippen LogP contribution >= 0.6 is 11.6 Å². The van der Waals surface area contributed by atoms with E-state index in [1.807, 2.05) is 0 Å². The highest BCUT2D eigenvalue weighted by Crippen LogP contribution is 2.31. The molecule has 1 aromatic rings. The van der Waals surface area contributed by atoms with Gasteiger partial charge < -0.3 is 13.8 Å². The minimum atomic E-state index is -3.66. The molecule has 2 rings (SSSR count). The van der Waals surface area contributed by atoms with Crippen LogP contribution in [0.2, 0.25) is 5.02 Å². The normalized spacial score (nSPS) is 14.6. The summed E-state index contributed by atoms with van der Waals surface area (Å²) in [4.78, 5) is 13.9. The quantitative estimate of drug-likeness (QED) is 0.663. The van der Waals surface area contributed by atoms with E-state index in [2.05, 4.69) is 0 Å². The molecule has 1 fully saturated rings. The second-order valence-electron chi connectivity index (χ2n) is 5.69. The lowest BCUT2D eigenvalue weighted by atomic mass is 10.1. The fourth-order valence-corrected chi connectivity index (χ4v) is 2.89. The van der Waals surface area contributed by atoms with Crippen molar-refractivity contribution in [2.24, 2.45) is 5.92 Å². The van der Waals surface area contributed by atoms with Crippen LogP contribution in [-0.2, 0) is 26.2 Å². The number of nitrogens with zero attached hydrogens (tertiary/aromatic N) is 1. The van der Waals surface area contributed by atoms with Crippen molar-refractivity contribution in [1.29, 1.82) is 0 Å². The van der Waals surface area contributed by atoms with E-state index in [1.165, 1.54) is 13.2 Å². The van der Waals surface area contributed by atoms with Crippen molar-refractivity contribution in [3.63, 3.8) is 0 Å². The number of halogens is 1. The third-order valence-corrected chi connectivity index (χ3v) is 4.14. The molecular weight excluding hydrogens is 342 g/mol. The van der Waals surface area contributed by atoms with Crippen molar-refractivity contribution < 1.29 is 22.1 Å². The Morgan fingerprint density at radius 1 is 1.39 bits per heavy atom. The summed E-state index contributed by atoms with van der Waals surface area (Å²) in [5.41, 5.74) is 0.549. The molecule has 8 heteroatoms. The van der Waals surface area contributed by atoms with E-state index in [0.29, 0.717) is 23.0 Å². The van der Waals surface area contributed by atoms with Crippen molar-refractivity contribution in [2.45, 2.75) is 19.4 Å². The van der Waals surface area contributed by atoms with Crippen LogP contribution in [-0.4, -0.2) is 45.7 Å². The van der Waals surface area contributed by atoms with Crippen molar-refractivity contribution in [3.05, 3.63) is 28.8 Å². The first-order valence-corrected chi connectivity index (χ1v) is 9.42. The number of amides is 1. The topological polar surface area (TPSA) is 72.9 Å². The fourth-order valence-electron chi connectivity index (χ4n) is 2.20. The van der Waals surface area contributed by atoms with Gasteiger partial charge in [-0.2, -0.15) is 8.42 Å². The molecule has 0 aliphatic heterocycles. The van der Waals surface area contributed by atoms with Gasteiger partial charge in [0.2, 0.25) is 5.91 Å². The van der Waals surface area contributed by atoms with Crippen LogP contribution in [0, 0.1) is 5.92 Å². The van der Waals surface area contributed by atoms with E-state index in [1.54, 1.807) is 17.0 Å². The number of ether oxygens (including phenoxy) is 1. The van der Waals surface area contributed by atoms with Crippen molar-refractivity contribution in [3.8, 4) is 5.75 Å². The number of benzene rings is 1. The zero-order valence-corrected chi connectivity index (χ0v) is 14.7. The summed E-state index contributed by atoms with van der Waals surface area (Å²) in [5, 5.41) is 0.450. The minimum Gasteiger partial charge on any atom is -0.382 e. The average Bonchev–Trinajstić information content (AvgIpc) is 3.24. The lowest BCUT2D eigenvalue weighted by molar-refractivity contribution is -0.136. The van der Waals surface area contributed by atoms with Gasteiger partial charge in [0.25, 0.3) is 0 Å². The molecule has 1 saturated carbocycles. The van der Waals surface area contributed by atoms with E-state index in [0.717, 1.165) is 19.1 Å². The van der Waals surface area contributed by atoms with Gasteiger partial charge in [-0.25, -0.2) is 0 Å². The fraction of sp³-hybridized carbons (Fsp3) is 0.533. The largest absolute Gasteiger partial charge is 0.382 e. The average molecular weight is 362 g/mol. The minimum absolute atomic E-state index is 0.0183. The third-order valence-electron chi connectivity index (χ3n) is 3.42. The molecule has 0 spiro atoms. The Morgan fingerprint density at radius 3 is 2.65 bits per heavy atom. The summed E-state index contributed by atoms with van der Waals surface area (Å²) >= 11 is 6.00. The van der Waals surface area contributed by atoms with Gasteiger partial charge in [0.15, 0.2) is 0 Å². The molecule has 6 nitrogen and oxygen atoms in total. The summed E-state index contributed by atoms with van der Waals surface area (Å²) in [5.74, 6) is 0.530. The second-order valence-corrected chi connectivity index (χ2v) is 7.70. The SMILES string of the molecule is COCC(=O)N(Cc1cc(Cl)ccc1OS(C)(=O)=O)CC1CC1.